The van der Waals surface area contributed by atoms with Gasteiger partial charge in [0.05, 0.1) is 14.2 Å². The predicted molar refractivity (Wildman–Crippen MR) is 92.2 cm³/mol. The van der Waals surface area contributed by atoms with Crippen molar-refractivity contribution >= 4 is 17.1 Å². The minimum Gasteiger partial charge on any atom is -0.493 e. The third-order valence-corrected chi connectivity index (χ3v) is 3.76. The van der Waals surface area contributed by atoms with E-state index in [2.05, 4.69) is 4.98 Å². The lowest BCUT2D eigenvalue weighted by molar-refractivity contribution is -0.134. The van der Waals surface area contributed by atoms with Crippen LogP contribution in [-0.4, -0.2) is 25.2 Å². The van der Waals surface area contributed by atoms with E-state index >= 15 is 0 Å². The van der Waals surface area contributed by atoms with Crippen molar-refractivity contribution in [2.24, 2.45) is 0 Å². The molecule has 0 aliphatic carbocycles. The lowest BCUT2D eigenvalue weighted by atomic mass is 10.1. The molecule has 1 aromatic heterocycles. The first-order valence-electron chi connectivity index (χ1n) is 7.88. The van der Waals surface area contributed by atoms with E-state index in [4.69, 9.17) is 18.6 Å². The Bertz CT molecular complexity index is 900. The standard InChI is InChI=1S/C19H19NO5/c1-12-20-15-7-6-14(11-17(15)24-12)25-19(21)9-5-13-4-8-16(22-2)18(10-13)23-3/h4,6-8,10-11H,5,9H2,1-3H3. The van der Waals surface area contributed by atoms with Crippen molar-refractivity contribution in [2.45, 2.75) is 19.8 Å². The summed E-state index contributed by atoms with van der Waals surface area (Å²) >= 11 is 0. The van der Waals surface area contributed by atoms with Crippen LogP contribution in [0.1, 0.15) is 17.9 Å². The van der Waals surface area contributed by atoms with Crippen LogP contribution >= 0.6 is 0 Å². The van der Waals surface area contributed by atoms with Crippen LogP contribution < -0.4 is 14.2 Å². The highest BCUT2D eigenvalue weighted by Gasteiger charge is 2.10. The number of oxazole rings is 1. The highest BCUT2D eigenvalue weighted by atomic mass is 16.5. The normalized spacial score (nSPS) is 10.7. The van der Waals surface area contributed by atoms with Crippen LogP contribution in [0.3, 0.4) is 0 Å². The molecule has 3 rings (SSSR count). The first-order valence-corrected chi connectivity index (χ1v) is 7.88. The summed E-state index contributed by atoms with van der Waals surface area (Å²) in [5.41, 5.74) is 2.31. The number of methoxy groups -OCH3 is 2. The van der Waals surface area contributed by atoms with Gasteiger partial charge in [0.15, 0.2) is 23.0 Å². The van der Waals surface area contributed by atoms with E-state index in [-0.39, 0.29) is 12.4 Å². The molecule has 0 aliphatic rings. The van der Waals surface area contributed by atoms with Crippen molar-refractivity contribution in [3.63, 3.8) is 0 Å². The van der Waals surface area contributed by atoms with E-state index < -0.39 is 0 Å². The van der Waals surface area contributed by atoms with Gasteiger partial charge in [-0.2, -0.15) is 0 Å². The van der Waals surface area contributed by atoms with Gasteiger partial charge < -0.3 is 18.6 Å². The molecule has 0 amide bonds. The van der Waals surface area contributed by atoms with Crippen molar-refractivity contribution in [2.75, 3.05) is 14.2 Å². The topological polar surface area (TPSA) is 70.8 Å². The second kappa shape index (κ2) is 7.25. The van der Waals surface area contributed by atoms with E-state index in [1.165, 1.54) is 0 Å². The van der Waals surface area contributed by atoms with Gasteiger partial charge in [-0.25, -0.2) is 4.98 Å². The van der Waals surface area contributed by atoms with Crippen LogP contribution in [0.2, 0.25) is 0 Å². The van der Waals surface area contributed by atoms with Crippen LogP contribution in [0, 0.1) is 6.92 Å². The zero-order chi connectivity index (χ0) is 17.8. The molecule has 130 valence electrons. The molecule has 0 N–H and O–H groups in total. The van der Waals surface area contributed by atoms with Crippen molar-refractivity contribution in [3.8, 4) is 17.2 Å². The van der Waals surface area contributed by atoms with Gasteiger partial charge >= 0.3 is 5.97 Å². The van der Waals surface area contributed by atoms with Crippen LogP contribution in [0.4, 0.5) is 0 Å². The fourth-order valence-corrected chi connectivity index (χ4v) is 2.55. The maximum absolute atomic E-state index is 12.1. The molecule has 0 unspecified atom stereocenters. The number of nitrogens with zero attached hydrogens (tertiary/aromatic N) is 1. The lowest BCUT2D eigenvalue weighted by Gasteiger charge is -2.09. The number of carbonyl (C=O) groups excluding carboxylic acids is 1. The lowest BCUT2D eigenvalue weighted by Crippen LogP contribution is -2.09. The van der Waals surface area contributed by atoms with Crippen molar-refractivity contribution in [1.29, 1.82) is 0 Å². The number of aryl methyl sites for hydroxylation is 2. The van der Waals surface area contributed by atoms with E-state index in [9.17, 15) is 4.79 Å². The van der Waals surface area contributed by atoms with E-state index in [0.717, 1.165) is 11.1 Å². The van der Waals surface area contributed by atoms with Crippen LogP contribution in [0.25, 0.3) is 11.1 Å². The molecule has 0 atom stereocenters. The Morgan fingerprint density at radius 3 is 2.64 bits per heavy atom. The second-order valence-electron chi connectivity index (χ2n) is 5.53. The molecule has 6 nitrogen and oxygen atoms in total. The van der Waals surface area contributed by atoms with Gasteiger partial charge in [0.1, 0.15) is 11.3 Å². The number of esters is 1. The van der Waals surface area contributed by atoms with Crippen LogP contribution in [-0.2, 0) is 11.2 Å². The largest absolute Gasteiger partial charge is 0.493 e. The quantitative estimate of drug-likeness (QED) is 0.503. The molecule has 0 aliphatic heterocycles. The first-order chi connectivity index (χ1) is 12.1. The van der Waals surface area contributed by atoms with Gasteiger partial charge in [-0.1, -0.05) is 6.07 Å². The zero-order valence-corrected chi connectivity index (χ0v) is 14.4. The van der Waals surface area contributed by atoms with Gasteiger partial charge in [0, 0.05) is 19.4 Å². The number of rotatable bonds is 6. The van der Waals surface area contributed by atoms with Crippen molar-refractivity contribution in [3.05, 3.63) is 47.9 Å². The molecule has 0 saturated carbocycles. The van der Waals surface area contributed by atoms with Gasteiger partial charge in [0.25, 0.3) is 0 Å². The summed E-state index contributed by atoms with van der Waals surface area (Å²) in [7, 11) is 3.17. The summed E-state index contributed by atoms with van der Waals surface area (Å²) in [5, 5.41) is 0. The number of fused-ring (bicyclic) bond motifs is 1. The third kappa shape index (κ3) is 3.91. The molecular formula is C19H19NO5. The van der Waals surface area contributed by atoms with Gasteiger partial charge in [0.2, 0.25) is 0 Å². The Morgan fingerprint density at radius 2 is 1.88 bits per heavy atom. The van der Waals surface area contributed by atoms with Gasteiger partial charge in [-0.05, 0) is 36.2 Å². The third-order valence-electron chi connectivity index (χ3n) is 3.76. The van der Waals surface area contributed by atoms with Crippen LogP contribution in [0.15, 0.2) is 40.8 Å². The molecule has 25 heavy (non-hydrogen) atoms. The summed E-state index contributed by atoms with van der Waals surface area (Å²) in [6.07, 6.45) is 0.797. The highest BCUT2D eigenvalue weighted by Crippen LogP contribution is 2.28. The Hall–Kier alpha value is -3.02. The highest BCUT2D eigenvalue weighted by molar-refractivity contribution is 5.77. The summed E-state index contributed by atoms with van der Waals surface area (Å²) < 4.78 is 21.3. The predicted octanol–water partition coefficient (Wildman–Crippen LogP) is 3.69. The first kappa shape index (κ1) is 16.8. The number of ether oxygens (including phenoxy) is 3. The SMILES string of the molecule is COc1ccc(CCC(=O)Oc2ccc3nc(C)oc3c2)cc1OC. The molecule has 0 saturated heterocycles. The average molecular weight is 341 g/mol. The number of carbonyl (C=O) groups is 1. The molecule has 0 spiro atoms. The Kier molecular flexibility index (Phi) is 4.88. The van der Waals surface area contributed by atoms with Crippen molar-refractivity contribution < 1.29 is 23.4 Å². The molecule has 0 bridgehead atoms. The fourth-order valence-electron chi connectivity index (χ4n) is 2.55. The number of aromatic nitrogens is 1. The number of benzene rings is 2. The molecule has 0 fully saturated rings. The van der Waals surface area contributed by atoms with Gasteiger partial charge in [-0.3, -0.25) is 4.79 Å². The molecule has 0 radical (unpaired) electrons. The maximum Gasteiger partial charge on any atom is 0.311 e. The summed E-state index contributed by atoms with van der Waals surface area (Å²) in [4.78, 5) is 16.3. The Morgan fingerprint density at radius 1 is 1.08 bits per heavy atom. The minimum absolute atomic E-state index is 0.253. The smallest absolute Gasteiger partial charge is 0.311 e. The molecule has 6 heteroatoms. The van der Waals surface area contributed by atoms with Gasteiger partial charge in [-0.15, -0.1) is 0 Å². The minimum atomic E-state index is -0.314. The summed E-state index contributed by atoms with van der Waals surface area (Å²) in [6.45, 7) is 1.77. The van der Waals surface area contributed by atoms with Crippen LogP contribution in [0.5, 0.6) is 17.2 Å². The summed E-state index contributed by atoms with van der Waals surface area (Å²) in [5.74, 6) is 2.00. The molecular weight excluding hydrogens is 322 g/mol. The summed E-state index contributed by atoms with van der Waals surface area (Å²) in [6, 6.07) is 10.7. The number of hydrogen-bond donors (Lipinski definition) is 0. The monoisotopic (exact) mass is 341 g/mol. The maximum atomic E-state index is 12.1. The van der Waals surface area contributed by atoms with Crippen molar-refractivity contribution in [1.82, 2.24) is 4.98 Å². The average Bonchev–Trinajstić information content (AvgIpc) is 2.99. The molecule has 1 heterocycles. The second-order valence-corrected chi connectivity index (χ2v) is 5.53. The van der Waals surface area contributed by atoms with E-state index in [1.807, 2.05) is 18.2 Å². The Labute approximate surface area is 145 Å². The Balaban J connectivity index is 1.62. The van der Waals surface area contributed by atoms with E-state index in [0.29, 0.717) is 35.1 Å². The van der Waals surface area contributed by atoms with E-state index in [1.54, 1.807) is 39.3 Å². The zero-order valence-electron chi connectivity index (χ0n) is 14.4. The molecule has 3 aromatic rings. The molecule has 2 aromatic carbocycles. The fraction of sp³-hybridized carbons (Fsp3) is 0.263. The number of hydrogen-bond acceptors (Lipinski definition) is 6.